The molecule has 2 nitrogen and oxygen atoms in total. The van der Waals surface area contributed by atoms with E-state index in [1.54, 1.807) is 24.3 Å². The average molecular weight is 379 g/mol. The Bertz CT molecular complexity index is 786. The Balaban J connectivity index is 2.69. The fraction of sp³-hybridized carbons (Fsp3) is 0. The van der Waals surface area contributed by atoms with Crippen molar-refractivity contribution in [2.45, 2.75) is 0 Å². The van der Waals surface area contributed by atoms with Gasteiger partial charge in [0.2, 0.25) is 0 Å². The summed E-state index contributed by atoms with van der Waals surface area (Å²) in [7, 11) is 0. The van der Waals surface area contributed by atoms with Gasteiger partial charge in [-0.3, -0.25) is 0 Å². The number of halogens is 1. The maximum absolute atomic E-state index is 4.77. The number of aromatic amines is 1. The molecule has 120 valence electrons. The maximum atomic E-state index is 4.77. The highest BCUT2D eigenvalue weighted by atomic mass is 79.9. The maximum Gasteiger partial charge on any atom is 0.138 e. The second-order valence-corrected chi connectivity index (χ2v) is 5.86. The second-order valence-electron chi connectivity index (χ2n) is 4.94. The molecule has 0 bridgehead atoms. The van der Waals surface area contributed by atoms with Crippen LogP contribution in [-0.4, -0.2) is 9.97 Å². The van der Waals surface area contributed by atoms with Gasteiger partial charge >= 0.3 is 0 Å². The first kappa shape index (κ1) is 17.7. The Kier molecular flexibility index (Phi) is 6.10. The van der Waals surface area contributed by atoms with Crippen LogP contribution >= 0.6 is 15.9 Å². The van der Waals surface area contributed by atoms with Crippen LogP contribution < -0.4 is 0 Å². The van der Waals surface area contributed by atoms with Crippen molar-refractivity contribution in [1.82, 2.24) is 9.97 Å². The Morgan fingerprint density at radius 2 is 1.50 bits per heavy atom. The van der Waals surface area contributed by atoms with Gasteiger partial charge in [0.25, 0.3) is 0 Å². The van der Waals surface area contributed by atoms with Gasteiger partial charge in [0, 0.05) is 15.6 Å². The van der Waals surface area contributed by atoms with Gasteiger partial charge in [-0.25, -0.2) is 4.98 Å². The molecule has 1 N–H and O–H groups in total. The van der Waals surface area contributed by atoms with E-state index in [0.29, 0.717) is 0 Å². The van der Waals surface area contributed by atoms with Gasteiger partial charge in [0.1, 0.15) is 5.82 Å². The molecule has 0 spiro atoms. The number of aromatic nitrogens is 2. The van der Waals surface area contributed by atoms with Crippen LogP contribution in [0.4, 0.5) is 0 Å². The zero-order chi connectivity index (χ0) is 17.5. The molecular formula is C21H19BrN2. The number of nitrogens with zero attached hydrogens (tertiary/aromatic N) is 1. The lowest BCUT2D eigenvalue weighted by molar-refractivity contribution is 1.29. The molecule has 3 heteroatoms. The van der Waals surface area contributed by atoms with Gasteiger partial charge in [-0.2, -0.15) is 0 Å². The van der Waals surface area contributed by atoms with E-state index in [4.69, 9.17) is 4.98 Å². The van der Waals surface area contributed by atoms with Gasteiger partial charge in [0.15, 0.2) is 0 Å². The molecule has 24 heavy (non-hydrogen) atoms. The molecule has 0 amide bonds. The minimum absolute atomic E-state index is 0.779. The van der Waals surface area contributed by atoms with Gasteiger partial charge in [0.05, 0.1) is 11.4 Å². The van der Waals surface area contributed by atoms with E-state index < -0.39 is 0 Å². The Hall–Kier alpha value is -2.65. The number of imidazole rings is 1. The molecule has 0 saturated heterocycles. The predicted molar refractivity (Wildman–Crippen MR) is 108 cm³/mol. The summed E-state index contributed by atoms with van der Waals surface area (Å²) in [6.45, 7) is 15.3. The molecule has 0 radical (unpaired) electrons. The first-order chi connectivity index (χ1) is 11.6. The number of benzene rings is 1. The van der Waals surface area contributed by atoms with E-state index >= 15 is 0 Å². The summed E-state index contributed by atoms with van der Waals surface area (Å²) in [5.41, 5.74) is 4.46. The quantitative estimate of drug-likeness (QED) is 0.558. The zero-order valence-corrected chi connectivity index (χ0v) is 15.0. The third kappa shape index (κ3) is 3.81. The van der Waals surface area contributed by atoms with Crippen LogP contribution in [0, 0.1) is 0 Å². The highest BCUT2D eigenvalue weighted by Crippen LogP contribution is 2.29. The molecule has 1 aromatic carbocycles. The lowest BCUT2D eigenvalue weighted by Crippen LogP contribution is -1.89. The summed E-state index contributed by atoms with van der Waals surface area (Å²) in [5, 5.41) is 0. The molecule has 2 aromatic rings. The summed E-state index contributed by atoms with van der Waals surface area (Å²) in [6.07, 6.45) is 10.8. The summed E-state index contributed by atoms with van der Waals surface area (Å²) in [5.74, 6) is 0.779. The fourth-order valence-corrected chi connectivity index (χ4v) is 2.55. The minimum Gasteiger partial charge on any atom is -0.337 e. The first-order valence-corrected chi connectivity index (χ1v) is 8.20. The summed E-state index contributed by atoms with van der Waals surface area (Å²) in [6, 6.07) is 7.98. The molecule has 1 heterocycles. The predicted octanol–water partition coefficient (Wildman–Crippen LogP) is 6.35. The van der Waals surface area contributed by atoms with Crippen LogP contribution in [0.3, 0.4) is 0 Å². The van der Waals surface area contributed by atoms with Crippen molar-refractivity contribution < 1.29 is 0 Å². The third-order valence-corrected chi connectivity index (χ3v) is 3.95. The molecule has 2 rings (SSSR count). The van der Waals surface area contributed by atoms with Crippen LogP contribution in [0.15, 0.2) is 91.5 Å². The largest absolute Gasteiger partial charge is 0.337 e. The van der Waals surface area contributed by atoms with Gasteiger partial charge in [-0.1, -0.05) is 90.8 Å². The van der Waals surface area contributed by atoms with E-state index in [0.717, 1.165) is 38.4 Å². The summed E-state index contributed by atoms with van der Waals surface area (Å²) in [4.78, 5) is 8.16. The van der Waals surface area contributed by atoms with Crippen molar-refractivity contribution in [2.75, 3.05) is 0 Å². The van der Waals surface area contributed by atoms with Crippen molar-refractivity contribution in [1.29, 1.82) is 0 Å². The monoisotopic (exact) mass is 378 g/mol. The van der Waals surface area contributed by atoms with Crippen molar-refractivity contribution in [3.8, 4) is 11.4 Å². The molecule has 0 fully saturated rings. The van der Waals surface area contributed by atoms with Crippen LogP contribution in [-0.2, 0) is 0 Å². The topological polar surface area (TPSA) is 28.7 Å². The number of hydrogen-bond acceptors (Lipinski definition) is 1. The standard InChI is InChI=1S/C21H19BrN2/c1-5-9-15(7-3)19-20(16(8-4)10-6-2)24-21(23-19)17-11-13-18(22)14-12-17/h5-14H,1-4H2,(H,23,24)/b15-9+,16-10+. The van der Waals surface area contributed by atoms with E-state index in [1.165, 1.54) is 0 Å². The second kappa shape index (κ2) is 8.27. The van der Waals surface area contributed by atoms with Crippen molar-refractivity contribution in [3.05, 3.63) is 103 Å². The van der Waals surface area contributed by atoms with E-state index in [9.17, 15) is 0 Å². The lowest BCUT2D eigenvalue weighted by atomic mass is 10.0. The van der Waals surface area contributed by atoms with E-state index in [-0.39, 0.29) is 0 Å². The van der Waals surface area contributed by atoms with Gasteiger partial charge in [-0.05, 0) is 17.7 Å². The molecular weight excluding hydrogens is 360 g/mol. The van der Waals surface area contributed by atoms with Crippen LogP contribution in [0.25, 0.3) is 22.5 Å². The number of hydrogen-bond donors (Lipinski definition) is 1. The summed E-state index contributed by atoms with van der Waals surface area (Å²) >= 11 is 3.45. The molecule has 0 aliphatic rings. The molecule has 0 saturated carbocycles. The van der Waals surface area contributed by atoms with Crippen molar-refractivity contribution >= 4 is 27.1 Å². The highest BCUT2D eigenvalue weighted by molar-refractivity contribution is 9.10. The third-order valence-electron chi connectivity index (χ3n) is 3.42. The Labute approximate surface area is 151 Å². The number of allylic oxidation sites excluding steroid dienone is 8. The van der Waals surface area contributed by atoms with E-state index in [1.807, 2.05) is 36.4 Å². The number of nitrogens with one attached hydrogen (secondary N) is 1. The van der Waals surface area contributed by atoms with Gasteiger partial charge in [-0.15, -0.1) is 0 Å². The fourth-order valence-electron chi connectivity index (χ4n) is 2.29. The molecule has 1 aromatic heterocycles. The van der Waals surface area contributed by atoms with Crippen LogP contribution in [0.2, 0.25) is 0 Å². The number of rotatable bonds is 7. The summed E-state index contributed by atoms with van der Waals surface area (Å²) < 4.78 is 1.02. The SMILES string of the molecule is C=C/C=C(\C=C)c1nc(-c2ccc(Br)cc2)[nH]c1/C(C=C)=C/C=C. The highest BCUT2D eigenvalue weighted by Gasteiger charge is 2.15. The van der Waals surface area contributed by atoms with Crippen molar-refractivity contribution in [3.63, 3.8) is 0 Å². The molecule has 0 aliphatic carbocycles. The first-order valence-electron chi connectivity index (χ1n) is 7.41. The normalized spacial score (nSPS) is 11.9. The van der Waals surface area contributed by atoms with Crippen LogP contribution in [0.1, 0.15) is 11.4 Å². The minimum atomic E-state index is 0.779. The molecule has 0 aliphatic heterocycles. The van der Waals surface area contributed by atoms with Crippen molar-refractivity contribution in [2.24, 2.45) is 0 Å². The average Bonchev–Trinajstić information content (AvgIpc) is 3.03. The van der Waals surface area contributed by atoms with E-state index in [2.05, 4.69) is 47.2 Å². The zero-order valence-electron chi connectivity index (χ0n) is 13.4. The Morgan fingerprint density at radius 1 is 0.917 bits per heavy atom. The smallest absolute Gasteiger partial charge is 0.138 e. The molecule has 0 atom stereocenters. The Morgan fingerprint density at radius 3 is 2.04 bits per heavy atom. The van der Waals surface area contributed by atoms with Gasteiger partial charge < -0.3 is 4.98 Å². The lowest BCUT2D eigenvalue weighted by Gasteiger charge is -2.03. The molecule has 0 unspecified atom stereocenters. The van der Waals surface area contributed by atoms with Crippen LogP contribution in [0.5, 0.6) is 0 Å². The number of H-pyrrole nitrogens is 1.